The van der Waals surface area contributed by atoms with Gasteiger partial charge in [-0.25, -0.2) is 0 Å². The second-order valence-electron chi connectivity index (χ2n) is 8.36. The van der Waals surface area contributed by atoms with Crippen LogP contribution in [-0.2, 0) is 9.59 Å². The number of carbonyl (C=O) groups excluding carboxylic acids is 2. The number of fused-ring (bicyclic) bond motifs is 1. The first-order valence-corrected chi connectivity index (χ1v) is 8.50. The molecule has 0 aliphatic heterocycles. The molecule has 0 bridgehead atoms. The minimum Gasteiger partial charge on any atom is -0.300 e. The summed E-state index contributed by atoms with van der Waals surface area (Å²) in [6.45, 7) is 11.1. The van der Waals surface area contributed by atoms with Gasteiger partial charge in [-0.2, -0.15) is 0 Å². The average molecular weight is 302 g/mol. The quantitative estimate of drug-likeness (QED) is 0.421. The van der Waals surface area contributed by atoms with E-state index in [-0.39, 0.29) is 10.8 Å². The number of hydrogen-bond donors (Lipinski definition) is 0. The van der Waals surface area contributed by atoms with Crippen molar-refractivity contribution in [2.24, 2.45) is 22.7 Å². The Morgan fingerprint density at radius 2 is 2.00 bits per heavy atom. The van der Waals surface area contributed by atoms with Crippen molar-refractivity contribution in [3.63, 3.8) is 0 Å². The maximum absolute atomic E-state index is 12.4. The van der Waals surface area contributed by atoms with Crippen molar-refractivity contribution in [2.75, 3.05) is 0 Å². The molecule has 2 heteroatoms. The largest absolute Gasteiger partial charge is 0.300 e. The molecular weight excluding hydrogens is 272 g/mol. The predicted octanol–water partition coefficient (Wildman–Crippen LogP) is 4.89. The summed E-state index contributed by atoms with van der Waals surface area (Å²) in [6, 6.07) is 0. The zero-order valence-electron chi connectivity index (χ0n) is 14.7. The zero-order valence-corrected chi connectivity index (χ0v) is 14.7. The third kappa shape index (κ3) is 3.11. The fourth-order valence-electron chi connectivity index (χ4n) is 5.18. The molecule has 2 aliphatic carbocycles. The van der Waals surface area contributed by atoms with Crippen molar-refractivity contribution >= 4 is 12.1 Å². The third-order valence-corrected chi connectivity index (χ3v) is 6.17. The summed E-state index contributed by atoms with van der Waals surface area (Å²) >= 11 is 0. The van der Waals surface area contributed by atoms with E-state index in [0.29, 0.717) is 24.0 Å². The normalized spacial score (nSPS) is 34.9. The second kappa shape index (κ2) is 6.14. The van der Waals surface area contributed by atoms with Crippen LogP contribution in [0.1, 0.15) is 66.7 Å². The van der Waals surface area contributed by atoms with Gasteiger partial charge >= 0.3 is 0 Å². The molecular formula is C20H30O2. The molecule has 122 valence electrons. The molecule has 3 atom stereocenters. The summed E-state index contributed by atoms with van der Waals surface area (Å²) in [6.07, 6.45) is 9.44. The molecule has 2 nitrogen and oxygen atoms in total. The Balaban J connectivity index is 2.29. The fourth-order valence-corrected chi connectivity index (χ4v) is 5.18. The molecule has 0 spiro atoms. The Kier molecular flexibility index (Phi) is 4.79. The molecule has 2 rings (SSSR count). The van der Waals surface area contributed by atoms with Crippen LogP contribution in [0.15, 0.2) is 23.3 Å². The minimum absolute atomic E-state index is 0.0686. The van der Waals surface area contributed by atoms with Gasteiger partial charge in [-0.15, -0.1) is 0 Å². The highest BCUT2D eigenvalue weighted by Gasteiger charge is 2.53. The van der Waals surface area contributed by atoms with Gasteiger partial charge < -0.3 is 0 Å². The Bertz CT molecular complexity index is 524. The number of ketones is 1. The molecule has 0 aromatic heterocycles. The molecule has 0 aromatic rings. The van der Waals surface area contributed by atoms with Crippen molar-refractivity contribution in [1.82, 2.24) is 0 Å². The standard InChI is InChI=1S/C20H30O2/c1-14(10-11-21)6-8-17-15(2)7-9-18-19(3,4)12-16(22)13-20(17,18)5/h7,10-11,17-18H,6,8-9,12-13H2,1-5H3. The predicted molar refractivity (Wildman–Crippen MR) is 90.5 cm³/mol. The van der Waals surface area contributed by atoms with Crippen LogP contribution in [0.4, 0.5) is 0 Å². The van der Waals surface area contributed by atoms with Gasteiger partial charge in [0.1, 0.15) is 12.1 Å². The summed E-state index contributed by atoms with van der Waals surface area (Å²) in [4.78, 5) is 23.0. The van der Waals surface area contributed by atoms with Gasteiger partial charge in [0, 0.05) is 12.8 Å². The van der Waals surface area contributed by atoms with Gasteiger partial charge in [-0.1, -0.05) is 38.0 Å². The van der Waals surface area contributed by atoms with Gasteiger partial charge in [-0.05, 0) is 61.9 Å². The number of carbonyl (C=O) groups is 2. The average Bonchev–Trinajstić information content (AvgIpc) is 2.35. The summed E-state index contributed by atoms with van der Waals surface area (Å²) in [5, 5.41) is 0. The maximum Gasteiger partial charge on any atom is 0.142 e. The van der Waals surface area contributed by atoms with E-state index in [1.54, 1.807) is 6.08 Å². The van der Waals surface area contributed by atoms with Crippen LogP contribution in [0.3, 0.4) is 0 Å². The molecule has 1 fully saturated rings. The van der Waals surface area contributed by atoms with Crippen LogP contribution in [0.2, 0.25) is 0 Å². The zero-order chi connectivity index (χ0) is 16.5. The first-order chi connectivity index (χ1) is 10.2. The number of rotatable bonds is 4. The van der Waals surface area contributed by atoms with E-state index in [0.717, 1.165) is 37.5 Å². The molecule has 0 radical (unpaired) electrons. The second-order valence-corrected chi connectivity index (χ2v) is 8.36. The van der Waals surface area contributed by atoms with Gasteiger partial charge in [0.2, 0.25) is 0 Å². The molecule has 0 N–H and O–H groups in total. The maximum atomic E-state index is 12.4. The monoisotopic (exact) mass is 302 g/mol. The van der Waals surface area contributed by atoms with Gasteiger partial charge in [0.15, 0.2) is 0 Å². The highest BCUT2D eigenvalue weighted by molar-refractivity contribution is 5.81. The van der Waals surface area contributed by atoms with Crippen LogP contribution in [-0.4, -0.2) is 12.1 Å². The SMILES string of the molecule is CC(=CC=O)CCC1C(C)=CCC2C(C)(C)CC(=O)CC12C. The van der Waals surface area contributed by atoms with E-state index in [1.807, 2.05) is 6.92 Å². The molecule has 1 saturated carbocycles. The van der Waals surface area contributed by atoms with Crippen LogP contribution >= 0.6 is 0 Å². The van der Waals surface area contributed by atoms with Gasteiger partial charge in [0.05, 0.1) is 0 Å². The highest BCUT2D eigenvalue weighted by Crippen LogP contribution is 2.59. The molecule has 0 saturated heterocycles. The molecule has 2 aliphatic rings. The van der Waals surface area contributed by atoms with Crippen LogP contribution in [0.25, 0.3) is 0 Å². The lowest BCUT2D eigenvalue weighted by atomic mass is 9.48. The summed E-state index contributed by atoms with van der Waals surface area (Å²) in [5.41, 5.74) is 2.73. The molecule has 3 unspecified atom stereocenters. The van der Waals surface area contributed by atoms with Crippen molar-refractivity contribution in [2.45, 2.75) is 66.7 Å². The summed E-state index contributed by atoms with van der Waals surface area (Å²) < 4.78 is 0. The van der Waals surface area contributed by atoms with E-state index >= 15 is 0 Å². The number of aldehydes is 1. The van der Waals surface area contributed by atoms with E-state index in [2.05, 4.69) is 33.8 Å². The lowest BCUT2D eigenvalue weighted by molar-refractivity contribution is -0.136. The van der Waals surface area contributed by atoms with Gasteiger partial charge in [-0.3, -0.25) is 9.59 Å². The first kappa shape index (κ1) is 17.2. The smallest absolute Gasteiger partial charge is 0.142 e. The molecule has 0 heterocycles. The number of hydrogen-bond acceptors (Lipinski definition) is 2. The van der Waals surface area contributed by atoms with E-state index < -0.39 is 0 Å². The molecule has 0 aromatic carbocycles. The summed E-state index contributed by atoms with van der Waals surface area (Å²) in [5.74, 6) is 1.44. The Hall–Kier alpha value is -1.18. The third-order valence-electron chi connectivity index (χ3n) is 6.17. The minimum atomic E-state index is 0.0686. The van der Waals surface area contributed by atoms with Crippen molar-refractivity contribution in [3.8, 4) is 0 Å². The highest BCUT2D eigenvalue weighted by atomic mass is 16.1. The van der Waals surface area contributed by atoms with E-state index in [1.165, 1.54) is 5.57 Å². The lowest BCUT2D eigenvalue weighted by Crippen LogP contribution is -2.51. The molecule has 0 amide bonds. The van der Waals surface area contributed by atoms with Crippen molar-refractivity contribution < 1.29 is 9.59 Å². The van der Waals surface area contributed by atoms with E-state index in [4.69, 9.17) is 0 Å². The number of allylic oxidation sites excluding steroid dienone is 4. The van der Waals surface area contributed by atoms with E-state index in [9.17, 15) is 9.59 Å². The van der Waals surface area contributed by atoms with Crippen LogP contribution in [0.5, 0.6) is 0 Å². The Morgan fingerprint density at radius 3 is 2.64 bits per heavy atom. The van der Waals surface area contributed by atoms with Crippen molar-refractivity contribution in [3.05, 3.63) is 23.3 Å². The fraction of sp³-hybridized carbons (Fsp3) is 0.700. The van der Waals surface area contributed by atoms with Crippen molar-refractivity contribution in [1.29, 1.82) is 0 Å². The topological polar surface area (TPSA) is 34.1 Å². The molecule has 22 heavy (non-hydrogen) atoms. The number of Topliss-reactive ketones (excluding diaryl/α,β-unsaturated/α-hetero) is 1. The van der Waals surface area contributed by atoms with Crippen LogP contribution in [0, 0.1) is 22.7 Å². The summed E-state index contributed by atoms with van der Waals surface area (Å²) in [7, 11) is 0. The Morgan fingerprint density at radius 1 is 1.32 bits per heavy atom. The van der Waals surface area contributed by atoms with Crippen LogP contribution < -0.4 is 0 Å². The van der Waals surface area contributed by atoms with Gasteiger partial charge in [0.25, 0.3) is 0 Å². The first-order valence-electron chi connectivity index (χ1n) is 8.50. The Labute approximate surface area is 135 Å². The lowest BCUT2D eigenvalue weighted by Gasteiger charge is -2.56.